The van der Waals surface area contributed by atoms with E-state index in [1.807, 2.05) is 0 Å². The van der Waals surface area contributed by atoms with E-state index in [1.165, 1.54) is 12.1 Å². The number of nitrogens with zero attached hydrogens (tertiary/aromatic N) is 1. The third kappa shape index (κ3) is 4.52. The van der Waals surface area contributed by atoms with E-state index in [0.717, 1.165) is 32.4 Å². The SMILES string of the molecule is CC1CNCCC1NC(=O)C1CCCN(C(=O)Nc2ccccc2F)C1. The summed E-state index contributed by atoms with van der Waals surface area (Å²) in [6, 6.07) is 5.91. The van der Waals surface area contributed by atoms with Gasteiger partial charge < -0.3 is 20.9 Å². The van der Waals surface area contributed by atoms with Crippen LogP contribution in [-0.2, 0) is 4.79 Å². The van der Waals surface area contributed by atoms with E-state index in [1.54, 1.807) is 17.0 Å². The minimum Gasteiger partial charge on any atom is -0.353 e. The molecule has 0 aromatic heterocycles. The number of nitrogens with one attached hydrogen (secondary N) is 3. The van der Waals surface area contributed by atoms with Gasteiger partial charge in [0.2, 0.25) is 5.91 Å². The number of para-hydroxylation sites is 1. The highest BCUT2D eigenvalue weighted by molar-refractivity contribution is 5.90. The summed E-state index contributed by atoms with van der Waals surface area (Å²) in [6.45, 7) is 4.90. The van der Waals surface area contributed by atoms with Gasteiger partial charge in [0, 0.05) is 19.1 Å². The Kier molecular flexibility index (Phi) is 6.08. The predicted octanol–water partition coefficient (Wildman–Crippen LogP) is 2.18. The number of hydrogen-bond donors (Lipinski definition) is 3. The zero-order chi connectivity index (χ0) is 18.5. The van der Waals surface area contributed by atoms with Gasteiger partial charge in [-0.1, -0.05) is 19.1 Å². The molecule has 2 fully saturated rings. The molecule has 0 bridgehead atoms. The molecular weight excluding hydrogens is 335 g/mol. The van der Waals surface area contributed by atoms with E-state index in [4.69, 9.17) is 0 Å². The quantitative estimate of drug-likeness (QED) is 0.772. The van der Waals surface area contributed by atoms with Crippen LogP contribution in [-0.4, -0.2) is 49.1 Å². The van der Waals surface area contributed by atoms with Crippen molar-refractivity contribution in [2.24, 2.45) is 11.8 Å². The topological polar surface area (TPSA) is 73.5 Å². The van der Waals surface area contributed by atoms with E-state index in [2.05, 4.69) is 22.9 Å². The summed E-state index contributed by atoms with van der Waals surface area (Å²) >= 11 is 0. The Morgan fingerprint density at radius 2 is 2.08 bits per heavy atom. The molecule has 3 N–H and O–H groups in total. The van der Waals surface area contributed by atoms with Gasteiger partial charge >= 0.3 is 6.03 Å². The Morgan fingerprint density at radius 3 is 2.85 bits per heavy atom. The molecule has 3 unspecified atom stereocenters. The van der Waals surface area contributed by atoms with Crippen molar-refractivity contribution < 1.29 is 14.0 Å². The van der Waals surface area contributed by atoms with Gasteiger partial charge in [-0.3, -0.25) is 4.79 Å². The van der Waals surface area contributed by atoms with Crippen molar-refractivity contribution in [3.8, 4) is 0 Å². The lowest BCUT2D eigenvalue weighted by Crippen LogP contribution is -2.52. The number of benzene rings is 1. The summed E-state index contributed by atoms with van der Waals surface area (Å²) in [5, 5.41) is 9.08. The van der Waals surface area contributed by atoms with Gasteiger partial charge in [-0.15, -0.1) is 0 Å². The molecule has 3 atom stereocenters. The molecule has 2 aliphatic rings. The number of halogens is 1. The smallest absolute Gasteiger partial charge is 0.321 e. The molecule has 26 heavy (non-hydrogen) atoms. The number of piperidine rings is 2. The van der Waals surface area contributed by atoms with Gasteiger partial charge in [0.1, 0.15) is 5.82 Å². The van der Waals surface area contributed by atoms with Crippen LogP contribution in [0.25, 0.3) is 0 Å². The lowest BCUT2D eigenvalue weighted by atomic mass is 9.92. The number of amides is 3. The Balaban J connectivity index is 1.55. The lowest BCUT2D eigenvalue weighted by Gasteiger charge is -2.35. The average molecular weight is 362 g/mol. The molecule has 0 radical (unpaired) electrons. The highest BCUT2D eigenvalue weighted by Gasteiger charge is 2.31. The number of likely N-dealkylation sites (tertiary alicyclic amines) is 1. The number of hydrogen-bond acceptors (Lipinski definition) is 3. The maximum Gasteiger partial charge on any atom is 0.321 e. The van der Waals surface area contributed by atoms with Crippen LogP contribution in [0.3, 0.4) is 0 Å². The monoisotopic (exact) mass is 362 g/mol. The van der Waals surface area contributed by atoms with Crippen LogP contribution >= 0.6 is 0 Å². The van der Waals surface area contributed by atoms with Crippen molar-refractivity contribution >= 4 is 17.6 Å². The zero-order valence-corrected chi connectivity index (χ0v) is 15.1. The lowest BCUT2D eigenvalue weighted by molar-refractivity contribution is -0.127. The molecular formula is C19H27FN4O2. The number of anilines is 1. The third-order valence-electron chi connectivity index (χ3n) is 5.31. The van der Waals surface area contributed by atoms with Gasteiger partial charge in [0.05, 0.1) is 11.6 Å². The summed E-state index contributed by atoms with van der Waals surface area (Å²) in [6.07, 6.45) is 2.47. The molecule has 142 valence electrons. The number of carbonyl (C=O) groups is 2. The van der Waals surface area contributed by atoms with Crippen molar-refractivity contribution in [2.75, 3.05) is 31.5 Å². The summed E-state index contributed by atoms with van der Waals surface area (Å²) in [5.41, 5.74) is 0.160. The Hall–Kier alpha value is -2.15. The molecule has 3 rings (SSSR count). The van der Waals surface area contributed by atoms with Crippen LogP contribution in [0.5, 0.6) is 0 Å². The minimum absolute atomic E-state index is 0.0205. The molecule has 0 saturated carbocycles. The molecule has 1 aromatic carbocycles. The van der Waals surface area contributed by atoms with Crippen molar-refractivity contribution in [1.29, 1.82) is 0 Å². The van der Waals surface area contributed by atoms with Crippen molar-refractivity contribution in [2.45, 2.75) is 32.2 Å². The Bertz CT molecular complexity index is 654. The first-order valence-electron chi connectivity index (χ1n) is 9.36. The van der Waals surface area contributed by atoms with Crippen LogP contribution < -0.4 is 16.0 Å². The first kappa shape index (κ1) is 18.6. The van der Waals surface area contributed by atoms with E-state index in [9.17, 15) is 14.0 Å². The fourth-order valence-electron chi connectivity index (χ4n) is 3.66. The average Bonchev–Trinajstić information content (AvgIpc) is 2.65. The summed E-state index contributed by atoms with van der Waals surface area (Å²) in [5.74, 6) is -0.256. The molecule has 2 heterocycles. The van der Waals surface area contributed by atoms with Gasteiger partial charge in [0.15, 0.2) is 0 Å². The standard InChI is InChI=1S/C19H27FN4O2/c1-13-11-21-9-8-16(13)22-18(25)14-5-4-10-24(12-14)19(26)23-17-7-3-2-6-15(17)20/h2-3,6-7,13-14,16,21H,4-5,8-12H2,1H3,(H,22,25)(H,23,26). The molecule has 1 aromatic rings. The normalized spacial score (nSPS) is 26.2. The van der Waals surface area contributed by atoms with Crippen LogP contribution in [0.2, 0.25) is 0 Å². The van der Waals surface area contributed by atoms with Gasteiger partial charge in [-0.25, -0.2) is 9.18 Å². The van der Waals surface area contributed by atoms with Crippen molar-refractivity contribution in [3.63, 3.8) is 0 Å². The van der Waals surface area contributed by atoms with Gasteiger partial charge in [-0.05, 0) is 50.4 Å². The number of carbonyl (C=O) groups excluding carboxylic acids is 2. The third-order valence-corrected chi connectivity index (χ3v) is 5.31. The van der Waals surface area contributed by atoms with E-state index >= 15 is 0 Å². The molecule has 3 amide bonds. The van der Waals surface area contributed by atoms with Gasteiger partial charge in [-0.2, -0.15) is 0 Å². The Labute approximate surface area is 153 Å². The second kappa shape index (κ2) is 8.49. The van der Waals surface area contributed by atoms with E-state index in [0.29, 0.717) is 19.0 Å². The summed E-state index contributed by atoms with van der Waals surface area (Å²) < 4.78 is 13.7. The van der Waals surface area contributed by atoms with Gasteiger partial charge in [0.25, 0.3) is 0 Å². The second-order valence-electron chi connectivity index (χ2n) is 7.28. The second-order valence-corrected chi connectivity index (χ2v) is 7.28. The fourth-order valence-corrected chi connectivity index (χ4v) is 3.66. The highest BCUT2D eigenvalue weighted by atomic mass is 19.1. The minimum atomic E-state index is -0.466. The number of urea groups is 1. The molecule has 0 spiro atoms. The Morgan fingerprint density at radius 1 is 1.27 bits per heavy atom. The van der Waals surface area contributed by atoms with Crippen LogP contribution in [0.15, 0.2) is 24.3 Å². The molecule has 6 nitrogen and oxygen atoms in total. The maximum atomic E-state index is 13.7. The zero-order valence-electron chi connectivity index (χ0n) is 15.1. The van der Waals surface area contributed by atoms with Crippen LogP contribution in [0.4, 0.5) is 14.9 Å². The predicted molar refractivity (Wildman–Crippen MR) is 98.3 cm³/mol. The maximum absolute atomic E-state index is 13.7. The molecule has 0 aliphatic carbocycles. The van der Waals surface area contributed by atoms with Crippen LogP contribution in [0, 0.1) is 17.7 Å². The van der Waals surface area contributed by atoms with E-state index in [-0.39, 0.29) is 29.6 Å². The fraction of sp³-hybridized carbons (Fsp3) is 0.579. The first-order chi connectivity index (χ1) is 12.5. The molecule has 2 saturated heterocycles. The van der Waals surface area contributed by atoms with Crippen LogP contribution in [0.1, 0.15) is 26.2 Å². The van der Waals surface area contributed by atoms with Crippen molar-refractivity contribution in [3.05, 3.63) is 30.1 Å². The van der Waals surface area contributed by atoms with E-state index < -0.39 is 5.82 Å². The number of rotatable bonds is 3. The van der Waals surface area contributed by atoms with Crippen molar-refractivity contribution in [1.82, 2.24) is 15.5 Å². The molecule has 7 heteroatoms. The largest absolute Gasteiger partial charge is 0.353 e. The summed E-state index contributed by atoms with van der Waals surface area (Å²) in [4.78, 5) is 26.7. The highest BCUT2D eigenvalue weighted by Crippen LogP contribution is 2.20. The molecule has 2 aliphatic heterocycles. The summed E-state index contributed by atoms with van der Waals surface area (Å²) in [7, 11) is 0. The first-order valence-corrected chi connectivity index (χ1v) is 9.36.